The average molecular weight is 892 g/mol. The molecule has 0 saturated carbocycles. The van der Waals surface area contributed by atoms with Crippen molar-refractivity contribution in [2.24, 2.45) is 0 Å². The Kier molecular flexibility index (Phi) is 14.0. The van der Waals surface area contributed by atoms with Crippen molar-refractivity contribution < 1.29 is 19.4 Å². The quantitative estimate of drug-likeness (QED) is 0.0388. The monoisotopic (exact) mass is 890 g/mol. The molecule has 296 valence electrons. The van der Waals surface area contributed by atoms with E-state index in [-0.39, 0.29) is 45.6 Å². The standard InChI is InChI=1S/C20H15N5O3S.C12H9N3S.C8H7BrN2O3/c26-19(22-16-9-3-4-10-18(16)25(27)28)12-29-20-23-21-13-24(20)17-11-5-7-14-6-1-2-8-15(14)17;16-12-14-13-8-15(12)11-7-3-5-9-4-1-2-6-10(9)11;9-5-8(12)10-6-3-1-2-4-7(6)11(13)14/h1-11,13H,12H2,(H,22,26);1-8H,(H,14,16);1-4H,5H2,(H,10,12). The van der Waals surface area contributed by atoms with E-state index in [0.29, 0.717) is 9.93 Å². The first kappa shape index (κ1) is 41.5. The molecule has 19 heteroatoms. The van der Waals surface area contributed by atoms with Crippen molar-refractivity contribution >= 4 is 96.0 Å². The number of alkyl halides is 1. The molecular weight excluding hydrogens is 861 g/mol. The molecule has 0 aliphatic heterocycles. The number of amides is 2. The van der Waals surface area contributed by atoms with Gasteiger partial charge in [0.25, 0.3) is 11.4 Å². The van der Waals surface area contributed by atoms with Gasteiger partial charge in [0.05, 0.1) is 32.3 Å². The number of carbonyl (C=O) groups excluding carboxylic acids is 2. The molecule has 0 fully saturated rings. The summed E-state index contributed by atoms with van der Waals surface area (Å²) in [6.45, 7) is 0. The van der Waals surface area contributed by atoms with Crippen molar-refractivity contribution in [2.75, 3.05) is 21.7 Å². The molecule has 0 saturated heterocycles. The topological polar surface area (TPSA) is 209 Å². The van der Waals surface area contributed by atoms with E-state index in [1.807, 2.05) is 75.9 Å². The van der Waals surface area contributed by atoms with Gasteiger partial charge in [0.15, 0.2) is 9.93 Å². The summed E-state index contributed by atoms with van der Waals surface area (Å²) in [6, 6.07) is 40.3. The number of hydrogen-bond acceptors (Lipinski definition) is 11. The maximum Gasteiger partial charge on any atom is 0.292 e. The van der Waals surface area contributed by atoms with Crippen LogP contribution in [0.3, 0.4) is 0 Å². The highest BCUT2D eigenvalue weighted by atomic mass is 79.9. The van der Waals surface area contributed by atoms with Gasteiger partial charge in [0.1, 0.15) is 24.0 Å². The third kappa shape index (κ3) is 10.5. The molecule has 0 aliphatic carbocycles. The van der Waals surface area contributed by atoms with Crippen molar-refractivity contribution in [1.29, 1.82) is 0 Å². The predicted molar refractivity (Wildman–Crippen MR) is 233 cm³/mol. The molecule has 0 radical (unpaired) electrons. The van der Waals surface area contributed by atoms with E-state index in [2.05, 4.69) is 65.2 Å². The number of thioether (sulfide) groups is 1. The number of aromatic amines is 1. The summed E-state index contributed by atoms with van der Waals surface area (Å²) < 4.78 is 4.31. The molecule has 0 bridgehead atoms. The summed E-state index contributed by atoms with van der Waals surface area (Å²) in [4.78, 5) is 43.9. The molecule has 2 aromatic heterocycles. The molecule has 0 aliphatic rings. The van der Waals surface area contributed by atoms with Crippen LogP contribution in [0.1, 0.15) is 0 Å². The Bertz CT molecular complexity index is 2840. The Balaban J connectivity index is 0.000000164. The van der Waals surface area contributed by atoms with Gasteiger partial charge in [0.2, 0.25) is 11.8 Å². The number of nitro groups is 2. The number of fused-ring (bicyclic) bond motifs is 2. The average Bonchev–Trinajstić information content (AvgIpc) is 3.92. The molecule has 2 heterocycles. The number of para-hydroxylation sites is 4. The molecule has 8 aromatic rings. The fourth-order valence-electron chi connectivity index (χ4n) is 5.72. The van der Waals surface area contributed by atoms with Crippen LogP contribution in [0.2, 0.25) is 0 Å². The van der Waals surface area contributed by atoms with Gasteiger partial charge in [-0.1, -0.05) is 125 Å². The van der Waals surface area contributed by atoms with Crippen LogP contribution in [0.25, 0.3) is 32.9 Å². The molecule has 16 nitrogen and oxygen atoms in total. The van der Waals surface area contributed by atoms with Crippen LogP contribution in [0.4, 0.5) is 22.7 Å². The van der Waals surface area contributed by atoms with Gasteiger partial charge in [0, 0.05) is 22.9 Å². The third-order valence-corrected chi connectivity index (χ3v) is 10.1. The maximum absolute atomic E-state index is 12.3. The Morgan fingerprint density at radius 3 is 1.69 bits per heavy atom. The third-order valence-electron chi connectivity index (χ3n) is 8.32. The molecular formula is C40H31BrN10O6S2. The lowest BCUT2D eigenvalue weighted by Gasteiger charge is -2.10. The second-order valence-corrected chi connectivity index (χ2v) is 14.0. The van der Waals surface area contributed by atoms with Gasteiger partial charge in [-0.2, -0.15) is 5.10 Å². The van der Waals surface area contributed by atoms with Crippen molar-refractivity contribution in [3.05, 3.63) is 171 Å². The first-order valence-corrected chi connectivity index (χ1v) is 19.9. The molecule has 6 aromatic carbocycles. The highest BCUT2D eigenvalue weighted by Gasteiger charge is 2.17. The molecule has 3 N–H and O–H groups in total. The molecule has 0 atom stereocenters. The van der Waals surface area contributed by atoms with Gasteiger partial charge in [-0.3, -0.25) is 44.1 Å². The minimum absolute atomic E-state index is 0.0372. The van der Waals surface area contributed by atoms with Gasteiger partial charge < -0.3 is 10.6 Å². The number of nitrogens with one attached hydrogen (secondary N) is 3. The zero-order chi connectivity index (χ0) is 41.7. The van der Waals surface area contributed by atoms with E-state index in [9.17, 15) is 29.8 Å². The van der Waals surface area contributed by atoms with Crippen LogP contribution < -0.4 is 10.6 Å². The number of H-pyrrole nitrogens is 1. The fraction of sp³-hybridized carbons (Fsp3) is 0.0500. The van der Waals surface area contributed by atoms with E-state index in [4.69, 9.17) is 12.2 Å². The minimum Gasteiger partial charge on any atom is -0.320 e. The summed E-state index contributed by atoms with van der Waals surface area (Å²) in [5.74, 6) is -0.647. The number of anilines is 2. The number of aromatic nitrogens is 6. The molecule has 0 unspecified atom stereocenters. The zero-order valence-electron chi connectivity index (χ0n) is 30.5. The minimum atomic E-state index is -0.538. The predicted octanol–water partition coefficient (Wildman–Crippen LogP) is 9.07. The van der Waals surface area contributed by atoms with E-state index >= 15 is 0 Å². The SMILES string of the molecule is O=C(CBr)Nc1ccccc1[N+](=O)[O-].O=C(CSc1nncn1-c1cccc2ccccc12)Nc1ccccc1[N+](=O)[O-].S=c1[nH]ncn1-c1cccc2ccccc12. The van der Waals surface area contributed by atoms with Crippen molar-refractivity contribution in [3.63, 3.8) is 0 Å². The lowest BCUT2D eigenvalue weighted by Crippen LogP contribution is -2.15. The molecule has 8 rings (SSSR count). The molecule has 59 heavy (non-hydrogen) atoms. The van der Waals surface area contributed by atoms with Gasteiger partial charge >= 0.3 is 0 Å². The summed E-state index contributed by atoms with van der Waals surface area (Å²) in [6.07, 6.45) is 3.30. The zero-order valence-corrected chi connectivity index (χ0v) is 33.8. The summed E-state index contributed by atoms with van der Waals surface area (Å²) in [5, 5.41) is 46.6. The van der Waals surface area contributed by atoms with Crippen LogP contribution in [0, 0.1) is 25.0 Å². The highest BCUT2D eigenvalue weighted by molar-refractivity contribution is 9.09. The number of nitrogens with zero attached hydrogens (tertiary/aromatic N) is 7. The lowest BCUT2D eigenvalue weighted by molar-refractivity contribution is -0.384. The number of nitro benzene ring substituents is 2. The Morgan fingerprint density at radius 2 is 1.17 bits per heavy atom. The normalized spacial score (nSPS) is 10.5. The van der Waals surface area contributed by atoms with Crippen molar-refractivity contribution in [2.45, 2.75) is 5.16 Å². The maximum atomic E-state index is 12.3. The molecule has 2 amide bonds. The van der Waals surface area contributed by atoms with E-state index in [1.54, 1.807) is 36.9 Å². The van der Waals surface area contributed by atoms with Gasteiger partial charge in [-0.05, 0) is 47.3 Å². The van der Waals surface area contributed by atoms with Crippen LogP contribution in [-0.2, 0) is 9.59 Å². The number of benzene rings is 6. The summed E-state index contributed by atoms with van der Waals surface area (Å²) in [7, 11) is 0. The summed E-state index contributed by atoms with van der Waals surface area (Å²) in [5.41, 5.74) is 2.08. The second-order valence-electron chi connectivity index (χ2n) is 12.1. The molecule has 0 spiro atoms. The first-order chi connectivity index (χ1) is 28.6. The number of carbonyl (C=O) groups is 2. The van der Waals surface area contributed by atoms with Crippen LogP contribution >= 0.6 is 39.9 Å². The smallest absolute Gasteiger partial charge is 0.292 e. The lowest BCUT2D eigenvalue weighted by atomic mass is 10.1. The van der Waals surface area contributed by atoms with Gasteiger partial charge in [-0.15, -0.1) is 10.2 Å². The largest absolute Gasteiger partial charge is 0.320 e. The van der Waals surface area contributed by atoms with Crippen LogP contribution in [0.5, 0.6) is 0 Å². The van der Waals surface area contributed by atoms with E-state index < -0.39 is 9.85 Å². The van der Waals surface area contributed by atoms with Gasteiger partial charge in [-0.25, -0.2) is 0 Å². The second kappa shape index (κ2) is 19.9. The Hall–Kier alpha value is -7.09. The highest BCUT2D eigenvalue weighted by Crippen LogP contribution is 2.28. The van der Waals surface area contributed by atoms with E-state index in [1.165, 1.54) is 46.8 Å². The number of rotatable bonds is 10. The number of hydrogen-bond donors (Lipinski definition) is 3. The van der Waals surface area contributed by atoms with E-state index in [0.717, 1.165) is 22.1 Å². The van der Waals surface area contributed by atoms with Crippen molar-refractivity contribution in [3.8, 4) is 11.4 Å². The Morgan fingerprint density at radius 1 is 0.678 bits per heavy atom. The fourth-order valence-corrected chi connectivity index (χ4v) is 6.78. The van der Waals surface area contributed by atoms with Crippen molar-refractivity contribution in [1.82, 2.24) is 29.5 Å². The number of halogens is 1. The van der Waals surface area contributed by atoms with Crippen LogP contribution in [0.15, 0.2) is 151 Å². The summed E-state index contributed by atoms with van der Waals surface area (Å²) >= 11 is 9.33. The van der Waals surface area contributed by atoms with Crippen LogP contribution in [-0.4, -0.2) is 62.3 Å². The Labute approximate surface area is 352 Å². The first-order valence-electron chi connectivity index (χ1n) is 17.4.